The van der Waals surface area contributed by atoms with Gasteiger partial charge >= 0.3 is 11.7 Å². The van der Waals surface area contributed by atoms with E-state index in [-0.39, 0.29) is 13.0 Å². The number of aliphatic carboxylic acids is 1. The summed E-state index contributed by atoms with van der Waals surface area (Å²) in [6, 6.07) is 0. The van der Waals surface area contributed by atoms with Crippen LogP contribution >= 0.6 is 0 Å². The fraction of sp³-hybridized carbons (Fsp3) is 0.385. The van der Waals surface area contributed by atoms with E-state index in [2.05, 4.69) is 5.32 Å². The summed E-state index contributed by atoms with van der Waals surface area (Å²) in [6.07, 6.45) is -0.906. The van der Waals surface area contributed by atoms with E-state index in [0.717, 1.165) is 10.6 Å². The molecule has 0 saturated carbocycles. The number of ether oxygens (including phenoxy) is 1. The second-order valence-corrected chi connectivity index (χ2v) is 4.99. The number of aliphatic hydroxyl groups excluding tert-OH is 1. The van der Waals surface area contributed by atoms with Crippen LogP contribution in [0.25, 0.3) is 0 Å². The van der Waals surface area contributed by atoms with Crippen LogP contribution in [0.2, 0.25) is 0 Å². The molecular formula is C13H14FN3O7. The van der Waals surface area contributed by atoms with Crippen molar-refractivity contribution in [3.8, 4) is 0 Å². The lowest BCUT2D eigenvalue weighted by atomic mass is 10.2. The number of nitrogens with one attached hydrogen (secondary N) is 2. The molecule has 2 rings (SSSR count). The Labute approximate surface area is 133 Å². The average molecular weight is 343 g/mol. The zero-order valence-corrected chi connectivity index (χ0v) is 12.1. The normalized spacial score (nSPS) is 23.5. The van der Waals surface area contributed by atoms with E-state index < -0.39 is 47.4 Å². The van der Waals surface area contributed by atoms with Gasteiger partial charge in [0.1, 0.15) is 12.3 Å². The predicted octanol–water partition coefficient (Wildman–Crippen LogP) is -1.92. The number of carboxylic acid groups (broad SMARTS) is 1. The maximum atomic E-state index is 13.3. The van der Waals surface area contributed by atoms with Crippen molar-refractivity contribution in [2.75, 3.05) is 6.54 Å². The van der Waals surface area contributed by atoms with Crippen molar-refractivity contribution < 1.29 is 28.9 Å². The molecule has 24 heavy (non-hydrogen) atoms. The quantitative estimate of drug-likeness (QED) is 0.455. The highest BCUT2D eigenvalue weighted by Crippen LogP contribution is 2.27. The summed E-state index contributed by atoms with van der Waals surface area (Å²) in [5.41, 5.74) is -2.06. The van der Waals surface area contributed by atoms with Gasteiger partial charge in [-0.2, -0.15) is 4.39 Å². The Balaban J connectivity index is 2.01. The number of carbonyl (C=O) groups is 2. The number of carbonyl (C=O) groups excluding carboxylic acids is 1. The SMILES string of the molecule is O=C(O)/C=C/C(=O)NC[C@H]1O[C@@H](n2cc(F)c(=O)[nH]c2=O)C[C@@H]1O. The zero-order chi connectivity index (χ0) is 17.9. The Hall–Kier alpha value is -2.79. The number of halogens is 1. The first kappa shape index (κ1) is 17.6. The summed E-state index contributed by atoms with van der Waals surface area (Å²) in [4.78, 5) is 46.1. The van der Waals surface area contributed by atoms with Gasteiger partial charge in [0.2, 0.25) is 11.7 Å². The molecule has 130 valence electrons. The summed E-state index contributed by atoms with van der Waals surface area (Å²) >= 11 is 0. The summed E-state index contributed by atoms with van der Waals surface area (Å²) in [5, 5.41) is 20.6. The van der Waals surface area contributed by atoms with Crippen LogP contribution in [0.1, 0.15) is 12.6 Å². The first-order valence-electron chi connectivity index (χ1n) is 6.81. The number of hydrogen-bond donors (Lipinski definition) is 4. The van der Waals surface area contributed by atoms with Crippen LogP contribution < -0.4 is 16.6 Å². The molecule has 1 fully saturated rings. The molecule has 11 heteroatoms. The molecule has 3 atom stereocenters. The molecule has 1 aromatic heterocycles. The van der Waals surface area contributed by atoms with Crippen molar-refractivity contribution in [2.24, 2.45) is 0 Å². The molecule has 10 nitrogen and oxygen atoms in total. The van der Waals surface area contributed by atoms with Gasteiger partial charge < -0.3 is 20.3 Å². The topological polar surface area (TPSA) is 151 Å². The molecule has 1 amide bonds. The summed E-state index contributed by atoms with van der Waals surface area (Å²) in [7, 11) is 0. The van der Waals surface area contributed by atoms with Crippen molar-refractivity contribution in [1.82, 2.24) is 14.9 Å². The van der Waals surface area contributed by atoms with E-state index in [1.165, 1.54) is 0 Å². The van der Waals surface area contributed by atoms with Crippen molar-refractivity contribution in [3.63, 3.8) is 0 Å². The van der Waals surface area contributed by atoms with E-state index in [1.807, 2.05) is 0 Å². The van der Waals surface area contributed by atoms with E-state index in [4.69, 9.17) is 9.84 Å². The zero-order valence-electron chi connectivity index (χ0n) is 12.1. The van der Waals surface area contributed by atoms with E-state index in [0.29, 0.717) is 12.3 Å². The fourth-order valence-corrected chi connectivity index (χ4v) is 2.15. The highest BCUT2D eigenvalue weighted by molar-refractivity contribution is 5.93. The van der Waals surface area contributed by atoms with Gasteiger partial charge in [0.05, 0.1) is 12.3 Å². The maximum Gasteiger partial charge on any atom is 0.330 e. The lowest BCUT2D eigenvalue weighted by Crippen LogP contribution is -2.37. The number of carboxylic acids is 1. The van der Waals surface area contributed by atoms with E-state index in [1.54, 1.807) is 4.98 Å². The number of rotatable bonds is 5. The summed E-state index contributed by atoms with van der Waals surface area (Å²) in [5.74, 6) is -3.17. The lowest BCUT2D eigenvalue weighted by Gasteiger charge is -2.16. The van der Waals surface area contributed by atoms with Crippen LogP contribution in [0.4, 0.5) is 4.39 Å². The molecule has 1 aliphatic rings. The number of H-pyrrole nitrogens is 1. The minimum atomic E-state index is -1.29. The predicted molar refractivity (Wildman–Crippen MR) is 75.6 cm³/mol. The monoisotopic (exact) mass is 343 g/mol. The molecule has 1 aliphatic heterocycles. The number of aliphatic hydroxyl groups is 1. The minimum absolute atomic E-state index is 0.0586. The van der Waals surface area contributed by atoms with Crippen LogP contribution in [-0.4, -0.2) is 50.4 Å². The molecule has 0 bridgehead atoms. The first-order chi connectivity index (χ1) is 11.3. The molecule has 1 saturated heterocycles. The van der Waals surface area contributed by atoms with Crippen molar-refractivity contribution in [3.05, 3.63) is 45.0 Å². The van der Waals surface area contributed by atoms with Gasteiger partial charge in [-0.1, -0.05) is 0 Å². The first-order valence-corrected chi connectivity index (χ1v) is 6.81. The Kier molecular flexibility index (Phi) is 5.26. The molecule has 0 unspecified atom stereocenters. The van der Waals surface area contributed by atoms with E-state index >= 15 is 0 Å². The molecule has 1 aromatic rings. The maximum absolute atomic E-state index is 13.3. The molecule has 0 radical (unpaired) electrons. The van der Waals surface area contributed by atoms with Crippen LogP contribution in [0.15, 0.2) is 27.9 Å². The highest BCUT2D eigenvalue weighted by Gasteiger charge is 2.35. The number of aromatic amines is 1. The third kappa shape index (κ3) is 4.14. The third-order valence-corrected chi connectivity index (χ3v) is 3.29. The Bertz CT molecular complexity index is 785. The average Bonchev–Trinajstić information content (AvgIpc) is 2.87. The molecule has 2 heterocycles. The number of nitrogens with zero attached hydrogens (tertiary/aromatic N) is 1. The Morgan fingerprint density at radius 1 is 1.46 bits per heavy atom. The number of hydrogen-bond acceptors (Lipinski definition) is 6. The largest absolute Gasteiger partial charge is 0.478 e. The van der Waals surface area contributed by atoms with Gasteiger partial charge in [-0.25, -0.2) is 9.59 Å². The van der Waals surface area contributed by atoms with Crippen molar-refractivity contribution in [1.29, 1.82) is 0 Å². The third-order valence-electron chi connectivity index (χ3n) is 3.29. The van der Waals surface area contributed by atoms with Gasteiger partial charge in [0, 0.05) is 25.1 Å². The van der Waals surface area contributed by atoms with Crippen molar-refractivity contribution >= 4 is 11.9 Å². The van der Waals surface area contributed by atoms with E-state index in [9.17, 15) is 28.7 Å². The molecule has 0 aromatic carbocycles. The highest BCUT2D eigenvalue weighted by atomic mass is 19.1. The molecule has 4 N–H and O–H groups in total. The number of amides is 1. The standard InChI is InChI=1S/C13H14FN3O7/c14-6-5-17(13(23)16-12(6)22)10-3-7(18)8(24-10)4-15-9(19)1-2-11(20)21/h1-2,5,7-8,10,18H,3-4H2,(H,15,19)(H,20,21)(H,16,22,23)/b2-1+/t7-,8+,10+/m0/s1. The van der Waals surface area contributed by atoms with Gasteiger partial charge in [-0.05, 0) is 0 Å². The minimum Gasteiger partial charge on any atom is -0.478 e. The lowest BCUT2D eigenvalue weighted by molar-refractivity contribution is -0.131. The fourth-order valence-electron chi connectivity index (χ4n) is 2.15. The molecule has 0 aliphatic carbocycles. The van der Waals surface area contributed by atoms with Crippen molar-refractivity contribution in [2.45, 2.75) is 24.9 Å². The second kappa shape index (κ2) is 7.19. The Morgan fingerprint density at radius 3 is 2.83 bits per heavy atom. The van der Waals surface area contributed by atoms with Crippen LogP contribution in [0.3, 0.4) is 0 Å². The summed E-state index contributed by atoms with van der Waals surface area (Å²) in [6.45, 7) is -0.152. The molecular weight excluding hydrogens is 329 g/mol. The second-order valence-electron chi connectivity index (χ2n) is 4.99. The van der Waals surface area contributed by atoms with Gasteiger partial charge in [0.15, 0.2) is 0 Å². The van der Waals surface area contributed by atoms with Gasteiger partial charge in [-0.3, -0.25) is 19.1 Å². The van der Waals surface area contributed by atoms with Crippen LogP contribution in [0.5, 0.6) is 0 Å². The Morgan fingerprint density at radius 2 is 2.17 bits per heavy atom. The molecule has 0 spiro atoms. The summed E-state index contributed by atoms with van der Waals surface area (Å²) < 4.78 is 19.5. The van der Waals surface area contributed by atoms with Crippen LogP contribution in [-0.2, 0) is 14.3 Å². The number of aromatic nitrogens is 2. The van der Waals surface area contributed by atoms with Gasteiger partial charge in [0.25, 0.3) is 5.56 Å². The smallest absolute Gasteiger partial charge is 0.330 e. The van der Waals surface area contributed by atoms with Crippen LogP contribution in [0, 0.1) is 5.82 Å². The van der Waals surface area contributed by atoms with Gasteiger partial charge in [-0.15, -0.1) is 0 Å².